The van der Waals surface area contributed by atoms with Gasteiger partial charge in [-0.1, -0.05) is 67.2 Å². The molecule has 3 heteroatoms. The van der Waals surface area contributed by atoms with Gasteiger partial charge in [0.15, 0.2) is 5.17 Å². The topological polar surface area (TPSA) is 24.4 Å². The van der Waals surface area contributed by atoms with Gasteiger partial charge in [-0.05, 0) is 30.0 Å². The zero-order valence-electron chi connectivity index (χ0n) is 12.3. The molecule has 0 radical (unpaired) electrons. The lowest BCUT2D eigenvalue weighted by Crippen LogP contribution is -2.09. The van der Waals surface area contributed by atoms with Crippen molar-refractivity contribution >= 4 is 22.6 Å². The number of aliphatic imine (C=N–C) groups is 1. The summed E-state index contributed by atoms with van der Waals surface area (Å²) in [5, 5.41) is 5.20. The average molecular weight is 296 g/mol. The molecule has 21 heavy (non-hydrogen) atoms. The molecular weight excluding hydrogens is 276 g/mol. The molecule has 1 heterocycles. The van der Waals surface area contributed by atoms with Crippen LogP contribution < -0.4 is 5.32 Å². The third kappa shape index (κ3) is 3.67. The molecule has 1 atom stereocenters. The van der Waals surface area contributed by atoms with Gasteiger partial charge in [-0.2, -0.15) is 0 Å². The largest absolute Gasteiger partial charge is 0.335 e. The highest BCUT2D eigenvalue weighted by atomic mass is 32.2. The van der Waals surface area contributed by atoms with Crippen molar-refractivity contribution < 1.29 is 0 Å². The molecule has 0 aliphatic carbocycles. The van der Waals surface area contributed by atoms with E-state index in [-0.39, 0.29) is 0 Å². The van der Waals surface area contributed by atoms with Crippen molar-refractivity contribution in [2.75, 3.05) is 11.9 Å². The third-order valence-corrected chi connectivity index (χ3v) is 4.94. The van der Waals surface area contributed by atoms with Crippen molar-refractivity contribution in [2.45, 2.75) is 25.0 Å². The Morgan fingerprint density at radius 3 is 2.62 bits per heavy atom. The maximum absolute atomic E-state index is 4.60. The number of hydrogen-bond acceptors (Lipinski definition) is 3. The number of rotatable bonds is 4. The first kappa shape index (κ1) is 14.2. The Morgan fingerprint density at radius 2 is 1.86 bits per heavy atom. The number of nitrogens with one attached hydrogen (secondary N) is 1. The van der Waals surface area contributed by atoms with Crippen molar-refractivity contribution in [1.82, 2.24) is 0 Å². The second kappa shape index (κ2) is 6.81. The molecular formula is C18H20N2S. The van der Waals surface area contributed by atoms with E-state index in [0.717, 1.165) is 18.1 Å². The van der Waals surface area contributed by atoms with Crippen molar-refractivity contribution in [3.8, 4) is 0 Å². The SMILES string of the molecule is CCC1CN=C(Nc2ccccc2Cc2ccccc2)S1. The van der Waals surface area contributed by atoms with Crippen LogP contribution in [0.5, 0.6) is 0 Å². The molecule has 0 aromatic heterocycles. The highest BCUT2D eigenvalue weighted by Crippen LogP contribution is 2.26. The van der Waals surface area contributed by atoms with Crippen LogP contribution in [0.3, 0.4) is 0 Å². The number of anilines is 1. The van der Waals surface area contributed by atoms with E-state index < -0.39 is 0 Å². The van der Waals surface area contributed by atoms with Crippen LogP contribution in [0.25, 0.3) is 0 Å². The maximum atomic E-state index is 4.60. The van der Waals surface area contributed by atoms with Gasteiger partial charge in [0, 0.05) is 10.9 Å². The van der Waals surface area contributed by atoms with Crippen LogP contribution in [0.15, 0.2) is 59.6 Å². The highest BCUT2D eigenvalue weighted by Gasteiger charge is 2.18. The minimum atomic E-state index is 0.633. The lowest BCUT2D eigenvalue weighted by atomic mass is 10.0. The predicted molar refractivity (Wildman–Crippen MR) is 93.3 cm³/mol. The van der Waals surface area contributed by atoms with Crippen LogP contribution in [-0.4, -0.2) is 17.0 Å². The molecule has 108 valence electrons. The van der Waals surface area contributed by atoms with E-state index in [0.29, 0.717) is 5.25 Å². The second-order valence-electron chi connectivity index (χ2n) is 5.24. The molecule has 2 nitrogen and oxygen atoms in total. The number of hydrogen-bond donors (Lipinski definition) is 1. The lowest BCUT2D eigenvalue weighted by molar-refractivity contribution is 0.843. The molecule has 3 rings (SSSR count). The molecule has 2 aromatic rings. The maximum Gasteiger partial charge on any atom is 0.161 e. The Labute approximate surface area is 130 Å². The fourth-order valence-electron chi connectivity index (χ4n) is 2.43. The summed E-state index contributed by atoms with van der Waals surface area (Å²) in [7, 11) is 0. The van der Waals surface area contributed by atoms with Gasteiger partial charge in [0.25, 0.3) is 0 Å². The summed E-state index contributed by atoms with van der Waals surface area (Å²) >= 11 is 1.86. The smallest absolute Gasteiger partial charge is 0.161 e. The minimum Gasteiger partial charge on any atom is -0.335 e. The zero-order valence-corrected chi connectivity index (χ0v) is 13.1. The van der Waals surface area contributed by atoms with Crippen molar-refractivity contribution in [3.63, 3.8) is 0 Å². The number of benzene rings is 2. The fourth-order valence-corrected chi connectivity index (χ4v) is 3.38. The number of amidine groups is 1. The Balaban J connectivity index is 1.74. The first-order chi connectivity index (χ1) is 10.3. The van der Waals surface area contributed by atoms with Gasteiger partial charge in [-0.25, -0.2) is 0 Å². The molecule has 0 spiro atoms. The van der Waals surface area contributed by atoms with Gasteiger partial charge in [0.1, 0.15) is 0 Å². The minimum absolute atomic E-state index is 0.633. The molecule has 1 N–H and O–H groups in total. The van der Waals surface area contributed by atoms with Gasteiger partial charge in [0.2, 0.25) is 0 Å². The van der Waals surface area contributed by atoms with Crippen molar-refractivity contribution in [3.05, 3.63) is 65.7 Å². The standard InChI is InChI=1S/C18H20N2S/c1-2-16-13-19-18(21-16)20-17-11-7-6-10-15(17)12-14-8-4-3-5-9-14/h3-11,16H,2,12-13H2,1H3,(H,19,20). The monoisotopic (exact) mass is 296 g/mol. The van der Waals surface area contributed by atoms with Crippen LogP contribution in [0.1, 0.15) is 24.5 Å². The van der Waals surface area contributed by atoms with E-state index in [2.05, 4.69) is 71.8 Å². The molecule has 0 saturated heterocycles. The Morgan fingerprint density at radius 1 is 1.10 bits per heavy atom. The van der Waals surface area contributed by atoms with E-state index in [9.17, 15) is 0 Å². The summed E-state index contributed by atoms with van der Waals surface area (Å²) in [6.45, 7) is 3.16. The van der Waals surface area contributed by atoms with E-state index in [4.69, 9.17) is 0 Å². The molecule has 0 bridgehead atoms. The molecule has 1 unspecified atom stereocenters. The number of para-hydroxylation sites is 1. The Hall–Kier alpha value is -1.74. The molecule has 1 aliphatic rings. The quantitative estimate of drug-likeness (QED) is 0.893. The van der Waals surface area contributed by atoms with E-state index in [1.165, 1.54) is 23.2 Å². The van der Waals surface area contributed by atoms with E-state index in [1.807, 2.05) is 11.8 Å². The Kier molecular flexibility index (Phi) is 4.61. The van der Waals surface area contributed by atoms with Crippen LogP contribution in [0, 0.1) is 0 Å². The predicted octanol–water partition coefficient (Wildman–Crippen LogP) is 4.57. The highest BCUT2D eigenvalue weighted by molar-refractivity contribution is 8.15. The van der Waals surface area contributed by atoms with E-state index in [1.54, 1.807) is 0 Å². The summed E-state index contributed by atoms with van der Waals surface area (Å²) in [5.41, 5.74) is 3.82. The molecule has 0 saturated carbocycles. The summed E-state index contributed by atoms with van der Waals surface area (Å²) in [6, 6.07) is 19.1. The summed E-state index contributed by atoms with van der Waals surface area (Å²) in [6.07, 6.45) is 2.12. The first-order valence-corrected chi connectivity index (χ1v) is 8.33. The Bertz CT molecular complexity index is 622. The third-order valence-electron chi connectivity index (χ3n) is 3.67. The van der Waals surface area contributed by atoms with Gasteiger partial charge in [-0.3, -0.25) is 4.99 Å². The van der Waals surface area contributed by atoms with Gasteiger partial charge in [-0.15, -0.1) is 0 Å². The van der Waals surface area contributed by atoms with Crippen LogP contribution in [0.4, 0.5) is 5.69 Å². The summed E-state index contributed by atoms with van der Waals surface area (Å²) in [4.78, 5) is 4.60. The molecule has 0 fully saturated rings. The summed E-state index contributed by atoms with van der Waals surface area (Å²) in [5.74, 6) is 0. The normalized spacial score (nSPS) is 17.6. The fraction of sp³-hybridized carbons (Fsp3) is 0.278. The molecule has 1 aliphatic heterocycles. The number of thioether (sulfide) groups is 1. The van der Waals surface area contributed by atoms with Gasteiger partial charge >= 0.3 is 0 Å². The van der Waals surface area contributed by atoms with Crippen LogP contribution >= 0.6 is 11.8 Å². The molecule has 0 amide bonds. The van der Waals surface area contributed by atoms with Crippen molar-refractivity contribution in [2.24, 2.45) is 4.99 Å². The van der Waals surface area contributed by atoms with E-state index >= 15 is 0 Å². The average Bonchev–Trinajstić information content (AvgIpc) is 2.98. The van der Waals surface area contributed by atoms with Crippen molar-refractivity contribution in [1.29, 1.82) is 0 Å². The molecule has 2 aromatic carbocycles. The second-order valence-corrected chi connectivity index (χ2v) is 6.53. The van der Waals surface area contributed by atoms with Crippen LogP contribution in [-0.2, 0) is 6.42 Å². The number of nitrogens with zero attached hydrogens (tertiary/aromatic N) is 1. The van der Waals surface area contributed by atoms with Gasteiger partial charge < -0.3 is 5.32 Å². The van der Waals surface area contributed by atoms with Gasteiger partial charge in [0.05, 0.1) is 6.54 Å². The van der Waals surface area contributed by atoms with Crippen LogP contribution in [0.2, 0.25) is 0 Å². The summed E-state index contributed by atoms with van der Waals surface area (Å²) < 4.78 is 0. The lowest BCUT2D eigenvalue weighted by Gasteiger charge is -2.12. The first-order valence-electron chi connectivity index (χ1n) is 7.45. The zero-order chi connectivity index (χ0) is 14.5.